The normalized spacial score (nSPS) is 18.9. The number of piperazine rings is 1. The Bertz CT molecular complexity index is 724. The molecule has 0 spiro atoms. The summed E-state index contributed by atoms with van der Waals surface area (Å²) in [5.74, 6) is 2.54. The van der Waals surface area contributed by atoms with Gasteiger partial charge in [-0.25, -0.2) is 0 Å². The summed E-state index contributed by atoms with van der Waals surface area (Å²) in [7, 11) is 1.73. The van der Waals surface area contributed by atoms with Gasteiger partial charge >= 0.3 is 0 Å². The van der Waals surface area contributed by atoms with Crippen molar-refractivity contribution in [1.82, 2.24) is 10.2 Å². The summed E-state index contributed by atoms with van der Waals surface area (Å²) in [5, 5.41) is 3.47. The number of hydrogen-bond donors (Lipinski definition) is 1. The molecule has 0 unspecified atom stereocenters. The summed E-state index contributed by atoms with van der Waals surface area (Å²) in [5.41, 5.74) is 2.52. The summed E-state index contributed by atoms with van der Waals surface area (Å²) in [6.07, 6.45) is 4.03. The lowest BCUT2D eigenvalue weighted by atomic mass is 9.98. The molecule has 144 valence electrons. The van der Waals surface area contributed by atoms with Crippen LogP contribution in [0.4, 0.5) is 0 Å². The molecule has 0 aromatic heterocycles. The molecule has 0 amide bonds. The lowest BCUT2D eigenvalue weighted by molar-refractivity contribution is 0.160. The zero-order chi connectivity index (χ0) is 18.5. The maximum Gasteiger partial charge on any atom is 0.161 e. The molecule has 4 nitrogen and oxygen atoms in total. The van der Waals surface area contributed by atoms with E-state index in [1.165, 1.54) is 24.8 Å². The molecule has 1 saturated heterocycles. The van der Waals surface area contributed by atoms with E-state index in [2.05, 4.69) is 40.5 Å². The van der Waals surface area contributed by atoms with E-state index in [0.29, 0.717) is 12.6 Å². The number of hydrogen-bond acceptors (Lipinski definition) is 4. The molecular formula is C23H30N2O2. The average Bonchev–Trinajstić information content (AvgIpc) is 3.56. The van der Waals surface area contributed by atoms with Gasteiger partial charge < -0.3 is 14.8 Å². The first-order valence-electron chi connectivity index (χ1n) is 10.1. The van der Waals surface area contributed by atoms with Crippen LogP contribution in [0.1, 0.15) is 36.4 Å². The third-order valence-corrected chi connectivity index (χ3v) is 5.66. The Hall–Kier alpha value is -2.04. The van der Waals surface area contributed by atoms with Crippen LogP contribution in [0.5, 0.6) is 11.5 Å². The zero-order valence-corrected chi connectivity index (χ0v) is 16.2. The number of ether oxygens (including phenoxy) is 2. The predicted octanol–water partition coefficient (Wildman–Crippen LogP) is 4.02. The van der Waals surface area contributed by atoms with Gasteiger partial charge in [0.05, 0.1) is 7.11 Å². The Morgan fingerprint density at radius 2 is 1.81 bits per heavy atom. The first-order chi connectivity index (χ1) is 13.3. The largest absolute Gasteiger partial charge is 0.493 e. The van der Waals surface area contributed by atoms with Crippen LogP contribution in [0, 0.1) is 5.92 Å². The maximum atomic E-state index is 6.04. The summed E-state index contributed by atoms with van der Waals surface area (Å²) in [6, 6.07) is 17.2. The molecule has 0 bridgehead atoms. The molecule has 1 heterocycles. The number of nitrogens with zero attached hydrogens (tertiary/aromatic N) is 1. The van der Waals surface area contributed by atoms with E-state index in [-0.39, 0.29) is 0 Å². The minimum atomic E-state index is 0.483. The van der Waals surface area contributed by atoms with Crippen molar-refractivity contribution in [1.29, 1.82) is 0 Å². The molecule has 1 aliphatic carbocycles. The fraction of sp³-hybridized carbons (Fsp3) is 0.478. The van der Waals surface area contributed by atoms with Gasteiger partial charge in [0.15, 0.2) is 11.5 Å². The second-order valence-corrected chi connectivity index (χ2v) is 7.67. The highest BCUT2D eigenvalue weighted by Gasteiger charge is 2.30. The molecule has 1 aliphatic heterocycles. The van der Waals surface area contributed by atoms with Gasteiger partial charge in [-0.2, -0.15) is 0 Å². The van der Waals surface area contributed by atoms with Crippen LogP contribution in [-0.2, 0) is 6.61 Å². The molecule has 2 aromatic carbocycles. The van der Waals surface area contributed by atoms with Gasteiger partial charge in [0.2, 0.25) is 0 Å². The summed E-state index contributed by atoms with van der Waals surface area (Å²) < 4.78 is 11.7. The van der Waals surface area contributed by atoms with Gasteiger partial charge in [-0.3, -0.25) is 4.90 Å². The molecule has 2 fully saturated rings. The second-order valence-electron chi connectivity index (χ2n) is 7.67. The second kappa shape index (κ2) is 8.77. The lowest BCUT2D eigenvalue weighted by Gasteiger charge is -2.35. The van der Waals surface area contributed by atoms with E-state index < -0.39 is 0 Å². The molecule has 1 saturated carbocycles. The van der Waals surface area contributed by atoms with E-state index in [1.807, 2.05) is 18.2 Å². The van der Waals surface area contributed by atoms with Gasteiger partial charge in [-0.1, -0.05) is 49.2 Å². The first kappa shape index (κ1) is 18.3. The molecule has 4 rings (SSSR count). The van der Waals surface area contributed by atoms with Gasteiger partial charge in [0.25, 0.3) is 0 Å². The van der Waals surface area contributed by atoms with Crippen molar-refractivity contribution < 1.29 is 9.47 Å². The van der Waals surface area contributed by atoms with Gasteiger partial charge in [-0.05, 0) is 35.6 Å². The van der Waals surface area contributed by atoms with E-state index in [0.717, 1.165) is 49.2 Å². The van der Waals surface area contributed by atoms with Crippen LogP contribution in [0.2, 0.25) is 0 Å². The van der Waals surface area contributed by atoms with Crippen molar-refractivity contribution >= 4 is 0 Å². The molecule has 1 N–H and O–H groups in total. The summed E-state index contributed by atoms with van der Waals surface area (Å²) >= 11 is 0. The van der Waals surface area contributed by atoms with Crippen LogP contribution in [0.15, 0.2) is 48.5 Å². The van der Waals surface area contributed by atoms with Crippen LogP contribution in [-0.4, -0.2) is 38.2 Å². The Morgan fingerprint density at radius 1 is 1.04 bits per heavy atom. The molecule has 2 aliphatic rings. The highest BCUT2D eigenvalue weighted by atomic mass is 16.5. The number of methoxy groups -OCH3 is 1. The van der Waals surface area contributed by atoms with E-state index in [9.17, 15) is 0 Å². The van der Waals surface area contributed by atoms with Crippen molar-refractivity contribution in [2.45, 2.75) is 31.9 Å². The van der Waals surface area contributed by atoms with E-state index >= 15 is 0 Å². The monoisotopic (exact) mass is 366 g/mol. The fourth-order valence-electron chi connectivity index (χ4n) is 3.91. The Morgan fingerprint density at radius 3 is 2.52 bits per heavy atom. The Balaban J connectivity index is 1.50. The van der Waals surface area contributed by atoms with Crippen LogP contribution < -0.4 is 14.8 Å². The minimum Gasteiger partial charge on any atom is -0.493 e. The molecule has 2 aromatic rings. The fourth-order valence-corrected chi connectivity index (χ4v) is 3.91. The van der Waals surface area contributed by atoms with E-state index in [4.69, 9.17) is 9.47 Å². The highest BCUT2D eigenvalue weighted by molar-refractivity contribution is 5.44. The SMILES string of the molecule is COc1cc([C@@H](CC2CC2)N2CCNCC2)ccc1OCc1ccccc1. The summed E-state index contributed by atoms with van der Waals surface area (Å²) in [6.45, 7) is 4.95. The van der Waals surface area contributed by atoms with Gasteiger partial charge in [0.1, 0.15) is 6.61 Å². The van der Waals surface area contributed by atoms with Crippen LogP contribution >= 0.6 is 0 Å². The number of benzene rings is 2. The third-order valence-electron chi connectivity index (χ3n) is 5.66. The number of nitrogens with one attached hydrogen (secondary N) is 1. The average molecular weight is 367 g/mol. The van der Waals surface area contributed by atoms with Crippen molar-refractivity contribution in [3.63, 3.8) is 0 Å². The Kier molecular flexibility index (Phi) is 5.95. The van der Waals surface area contributed by atoms with Crippen molar-refractivity contribution in [2.75, 3.05) is 33.3 Å². The Labute approximate surface area is 162 Å². The quantitative estimate of drug-likeness (QED) is 0.765. The lowest BCUT2D eigenvalue weighted by Crippen LogP contribution is -2.45. The van der Waals surface area contributed by atoms with Crippen molar-refractivity contribution in [3.8, 4) is 11.5 Å². The molecule has 0 radical (unpaired) electrons. The van der Waals surface area contributed by atoms with Crippen molar-refractivity contribution in [2.24, 2.45) is 5.92 Å². The third kappa shape index (κ3) is 4.82. The zero-order valence-electron chi connectivity index (χ0n) is 16.2. The minimum absolute atomic E-state index is 0.483. The van der Waals surface area contributed by atoms with Crippen LogP contribution in [0.25, 0.3) is 0 Å². The number of rotatable bonds is 8. The van der Waals surface area contributed by atoms with Gasteiger partial charge in [0, 0.05) is 32.2 Å². The smallest absolute Gasteiger partial charge is 0.161 e. The first-order valence-corrected chi connectivity index (χ1v) is 10.1. The van der Waals surface area contributed by atoms with Crippen LogP contribution in [0.3, 0.4) is 0 Å². The highest BCUT2D eigenvalue weighted by Crippen LogP contribution is 2.42. The summed E-state index contributed by atoms with van der Waals surface area (Å²) in [4.78, 5) is 2.63. The molecular weight excluding hydrogens is 336 g/mol. The van der Waals surface area contributed by atoms with E-state index in [1.54, 1.807) is 7.11 Å². The van der Waals surface area contributed by atoms with Gasteiger partial charge in [-0.15, -0.1) is 0 Å². The topological polar surface area (TPSA) is 33.7 Å². The molecule has 27 heavy (non-hydrogen) atoms. The standard InChI is InChI=1S/C23H30N2O2/c1-26-23-16-20(9-10-22(23)27-17-19-5-3-2-4-6-19)21(15-18-7-8-18)25-13-11-24-12-14-25/h2-6,9-10,16,18,21,24H,7-8,11-15,17H2,1H3/t21-/m1/s1. The molecule has 4 heteroatoms. The predicted molar refractivity (Wildman–Crippen MR) is 108 cm³/mol. The molecule has 1 atom stereocenters. The van der Waals surface area contributed by atoms with Crippen molar-refractivity contribution in [3.05, 3.63) is 59.7 Å². The maximum absolute atomic E-state index is 6.04.